The monoisotopic (exact) mass is 202 g/mol. The van der Waals surface area contributed by atoms with E-state index in [0.29, 0.717) is 6.54 Å². The molecule has 0 unspecified atom stereocenters. The third-order valence-electron chi connectivity index (χ3n) is 2.23. The summed E-state index contributed by atoms with van der Waals surface area (Å²) < 4.78 is 0. The zero-order chi connectivity index (χ0) is 10.5. The van der Waals surface area contributed by atoms with Crippen molar-refractivity contribution in [3.8, 4) is 0 Å². The van der Waals surface area contributed by atoms with Gasteiger partial charge >= 0.3 is 6.41 Å². The summed E-state index contributed by atoms with van der Waals surface area (Å²) in [6, 6.07) is 7.93. The highest BCUT2D eigenvalue weighted by Gasteiger charge is 2.00. The van der Waals surface area contributed by atoms with Gasteiger partial charge in [-0.1, -0.05) is 12.1 Å². The van der Waals surface area contributed by atoms with Gasteiger partial charge in [0, 0.05) is 13.0 Å². The molecule has 1 heterocycles. The Kier molecular flexibility index (Phi) is 2.97. The number of para-hydroxylation sites is 2. The van der Waals surface area contributed by atoms with Gasteiger partial charge < -0.3 is 10.3 Å². The summed E-state index contributed by atoms with van der Waals surface area (Å²) in [5, 5.41) is 2.51. The molecule has 2 N–H and O–H groups in total. The third-order valence-corrected chi connectivity index (χ3v) is 2.23. The van der Waals surface area contributed by atoms with Gasteiger partial charge in [0.15, 0.2) is 0 Å². The number of hydrogen-bond donors (Lipinski definition) is 2. The van der Waals surface area contributed by atoms with E-state index >= 15 is 0 Å². The van der Waals surface area contributed by atoms with E-state index in [-0.39, 0.29) is 0 Å². The van der Waals surface area contributed by atoms with Gasteiger partial charge in [0.1, 0.15) is 5.82 Å². The lowest BCUT2D eigenvalue weighted by Gasteiger charge is -1.95. The molecule has 0 fully saturated rings. The molecule has 2 rings (SSSR count). The number of aromatic nitrogens is 2. The fourth-order valence-electron chi connectivity index (χ4n) is 1.52. The number of carbonyl (C=O) groups excluding carboxylic acids is 1. The molecule has 1 amide bonds. The van der Waals surface area contributed by atoms with E-state index in [9.17, 15) is 4.79 Å². The smallest absolute Gasteiger partial charge is 0.309 e. The molecule has 4 nitrogen and oxygen atoms in total. The Morgan fingerprint density at radius 3 is 3.07 bits per heavy atom. The number of hydrogen-bond acceptors (Lipinski definition) is 2. The van der Waals surface area contributed by atoms with Crippen LogP contribution in [0.5, 0.6) is 0 Å². The van der Waals surface area contributed by atoms with Crippen molar-refractivity contribution in [2.75, 3.05) is 6.54 Å². The van der Waals surface area contributed by atoms with E-state index in [1.807, 2.05) is 24.3 Å². The number of fused-ring (bicyclic) bond motifs is 1. The van der Waals surface area contributed by atoms with Crippen molar-refractivity contribution in [2.45, 2.75) is 12.8 Å². The number of aryl methyl sites for hydroxylation is 1. The van der Waals surface area contributed by atoms with Gasteiger partial charge in [0.25, 0.3) is 0 Å². The summed E-state index contributed by atoms with van der Waals surface area (Å²) in [5.74, 6) is 0.962. The number of nitrogens with zero attached hydrogens (tertiary/aromatic N) is 1. The largest absolute Gasteiger partial charge is 0.348 e. The van der Waals surface area contributed by atoms with E-state index in [2.05, 4.69) is 15.3 Å². The van der Waals surface area contributed by atoms with Crippen LogP contribution in [0.3, 0.4) is 0 Å². The predicted molar refractivity (Wildman–Crippen MR) is 58.1 cm³/mol. The maximum Gasteiger partial charge on any atom is 0.309 e. The lowest BCUT2D eigenvalue weighted by Crippen LogP contribution is -2.12. The molecule has 77 valence electrons. The highest BCUT2D eigenvalue weighted by molar-refractivity contribution is 5.74. The molecule has 2 aromatic rings. The Morgan fingerprint density at radius 1 is 1.40 bits per heavy atom. The molecule has 0 aliphatic rings. The van der Waals surface area contributed by atoms with Crippen molar-refractivity contribution >= 4 is 17.4 Å². The molecule has 0 bridgehead atoms. The van der Waals surface area contributed by atoms with Crippen molar-refractivity contribution in [3.63, 3.8) is 0 Å². The SMILES string of the molecule is O=[C]NCCCc1nc2ccccc2[nH]1. The number of H-pyrrole nitrogens is 1. The zero-order valence-electron chi connectivity index (χ0n) is 8.29. The molecule has 0 spiro atoms. The van der Waals surface area contributed by atoms with E-state index in [1.165, 1.54) is 0 Å². The van der Waals surface area contributed by atoms with Crippen molar-refractivity contribution in [1.29, 1.82) is 0 Å². The molecule has 15 heavy (non-hydrogen) atoms. The molecule has 1 aromatic carbocycles. The lowest BCUT2D eigenvalue weighted by atomic mass is 10.3. The van der Waals surface area contributed by atoms with Crippen molar-refractivity contribution in [1.82, 2.24) is 15.3 Å². The Balaban J connectivity index is 1.99. The van der Waals surface area contributed by atoms with Crippen molar-refractivity contribution < 1.29 is 4.79 Å². The van der Waals surface area contributed by atoms with Gasteiger partial charge in [-0.3, -0.25) is 4.79 Å². The van der Waals surface area contributed by atoms with E-state index in [0.717, 1.165) is 29.7 Å². The number of rotatable bonds is 5. The standard InChI is InChI=1S/C11H12N3O/c15-8-12-7-3-6-11-13-9-4-1-2-5-10(9)14-11/h1-2,4-5H,3,6-7H2,(H,12,15)(H,13,14). The summed E-state index contributed by atoms with van der Waals surface area (Å²) in [6.07, 6.45) is 3.36. The van der Waals surface area contributed by atoms with Gasteiger partial charge in [0.2, 0.25) is 0 Å². The van der Waals surface area contributed by atoms with Crippen LogP contribution in [0.25, 0.3) is 11.0 Å². The number of amides is 1. The predicted octanol–water partition coefficient (Wildman–Crippen LogP) is 1.15. The quantitative estimate of drug-likeness (QED) is 0.564. The van der Waals surface area contributed by atoms with Crippen molar-refractivity contribution in [3.05, 3.63) is 30.1 Å². The normalized spacial score (nSPS) is 10.4. The summed E-state index contributed by atoms with van der Waals surface area (Å²) in [4.78, 5) is 17.6. The minimum absolute atomic E-state index is 0.639. The van der Waals surface area contributed by atoms with Gasteiger partial charge in [0.05, 0.1) is 11.0 Å². The molecule has 0 aliphatic heterocycles. The first-order valence-electron chi connectivity index (χ1n) is 4.94. The molecule has 0 atom stereocenters. The molecular weight excluding hydrogens is 190 g/mol. The Labute approximate surface area is 87.7 Å². The molecule has 0 aliphatic carbocycles. The lowest BCUT2D eigenvalue weighted by molar-refractivity contribution is 0.540. The first-order valence-corrected chi connectivity index (χ1v) is 4.94. The maximum absolute atomic E-state index is 9.90. The van der Waals surface area contributed by atoms with Crippen LogP contribution in [0.1, 0.15) is 12.2 Å². The van der Waals surface area contributed by atoms with Crippen molar-refractivity contribution in [2.24, 2.45) is 0 Å². The minimum Gasteiger partial charge on any atom is -0.348 e. The average molecular weight is 202 g/mol. The first-order chi connectivity index (χ1) is 7.40. The molecule has 0 saturated carbocycles. The summed E-state index contributed by atoms with van der Waals surface area (Å²) in [6.45, 7) is 0.639. The van der Waals surface area contributed by atoms with Crippen LogP contribution >= 0.6 is 0 Å². The number of nitrogens with one attached hydrogen (secondary N) is 2. The first kappa shape index (κ1) is 9.71. The number of imidazole rings is 1. The van der Waals surface area contributed by atoms with Crippen LogP contribution in [0, 0.1) is 0 Å². The average Bonchev–Trinajstić information content (AvgIpc) is 2.67. The molecule has 4 heteroatoms. The van der Waals surface area contributed by atoms with E-state index in [4.69, 9.17) is 0 Å². The summed E-state index contributed by atoms with van der Waals surface area (Å²) in [5.41, 5.74) is 2.05. The van der Waals surface area contributed by atoms with E-state index < -0.39 is 0 Å². The van der Waals surface area contributed by atoms with Crippen LogP contribution in [-0.4, -0.2) is 22.9 Å². The Morgan fingerprint density at radius 2 is 2.27 bits per heavy atom. The fraction of sp³-hybridized carbons (Fsp3) is 0.273. The van der Waals surface area contributed by atoms with Gasteiger partial charge in [-0.05, 0) is 18.6 Å². The second kappa shape index (κ2) is 4.59. The summed E-state index contributed by atoms with van der Waals surface area (Å²) in [7, 11) is 0. The maximum atomic E-state index is 9.90. The topological polar surface area (TPSA) is 57.8 Å². The molecule has 0 saturated heterocycles. The molecule has 1 radical (unpaired) electrons. The Bertz CT molecular complexity index is 417. The number of aromatic amines is 1. The van der Waals surface area contributed by atoms with Gasteiger partial charge in [-0.15, -0.1) is 0 Å². The highest BCUT2D eigenvalue weighted by Crippen LogP contribution is 2.10. The zero-order valence-corrected chi connectivity index (χ0v) is 8.29. The van der Waals surface area contributed by atoms with E-state index in [1.54, 1.807) is 6.41 Å². The minimum atomic E-state index is 0.639. The second-order valence-electron chi connectivity index (χ2n) is 3.33. The second-order valence-corrected chi connectivity index (χ2v) is 3.33. The van der Waals surface area contributed by atoms with Gasteiger partial charge in [-0.2, -0.15) is 0 Å². The van der Waals surface area contributed by atoms with Crippen LogP contribution in [0.15, 0.2) is 24.3 Å². The Hall–Kier alpha value is -1.84. The van der Waals surface area contributed by atoms with Gasteiger partial charge in [-0.25, -0.2) is 4.98 Å². The third kappa shape index (κ3) is 2.34. The van der Waals surface area contributed by atoms with Crippen LogP contribution in [0.4, 0.5) is 0 Å². The van der Waals surface area contributed by atoms with Crippen LogP contribution in [0.2, 0.25) is 0 Å². The fourth-order valence-corrected chi connectivity index (χ4v) is 1.52. The molecular formula is C11H12N3O. The number of benzene rings is 1. The van der Waals surface area contributed by atoms with Crippen LogP contribution in [-0.2, 0) is 11.2 Å². The highest BCUT2D eigenvalue weighted by atomic mass is 16.1. The molecule has 1 aromatic heterocycles. The van der Waals surface area contributed by atoms with Crippen LogP contribution < -0.4 is 5.32 Å². The summed E-state index contributed by atoms with van der Waals surface area (Å²) >= 11 is 0.